The summed E-state index contributed by atoms with van der Waals surface area (Å²) in [5.74, 6) is 1.22. The number of hydrogen-bond acceptors (Lipinski definition) is 7. The molecule has 3 rings (SSSR count). The van der Waals surface area contributed by atoms with Crippen molar-refractivity contribution in [1.82, 2.24) is 25.1 Å². The number of rotatable bonds is 6. The molecule has 1 fully saturated rings. The second kappa shape index (κ2) is 5.11. The van der Waals surface area contributed by atoms with Crippen LogP contribution in [0.25, 0.3) is 10.8 Å². The van der Waals surface area contributed by atoms with Gasteiger partial charge >= 0.3 is 0 Å². The van der Waals surface area contributed by atoms with Crippen molar-refractivity contribution in [2.24, 2.45) is 0 Å². The summed E-state index contributed by atoms with van der Waals surface area (Å²) in [7, 11) is 0. The summed E-state index contributed by atoms with van der Waals surface area (Å²) >= 11 is 1.31. The quantitative estimate of drug-likeness (QED) is 0.851. The molecule has 1 aliphatic rings. The predicted octanol–water partition coefficient (Wildman–Crippen LogP) is 1.44. The second-order valence-corrected chi connectivity index (χ2v) is 5.14. The van der Waals surface area contributed by atoms with E-state index in [0.29, 0.717) is 17.8 Å². The molecule has 7 heteroatoms. The fourth-order valence-corrected chi connectivity index (χ4v) is 2.39. The molecule has 18 heavy (non-hydrogen) atoms. The van der Waals surface area contributed by atoms with Gasteiger partial charge in [-0.1, -0.05) is 11.4 Å². The highest BCUT2D eigenvalue weighted by Crippen LogP contribution is 2.25. The highest BCUT2D eigenvalue weighted by Gasteiger charge is 2.20. The zero-order valence-corrected chi connectivity index (χ0v) is 11.0. The summed E-state index contributed by atoms with van der Waals surface area (Å²) in [5.41, 5.74) is 0.923. The molecule has 1 saturated carbocycles. The normalized spacial score (nSPS) is 15.2. The average Bonchev–Trinajstić information content (AvgIpc) is 2.92. The molecule has 0 atom stereocenters. The third-order valence-electron chi connectivity index (χ3n) is 2.90. The van der Waals surface area contributed by atoms with Gasteiger partial charge in [0, 0.05) is 19.0 Å². The van der Waals surface area contributed by atoms with Gasteiger partial charge in [-0.25, -0.2) is 0 Å². The molecule has 0 radical (unpaired) electrons. The molecule has 0 unspecified atom stereocenters. The maximum Gasteiger partial charge on any atom is 0.261 e. The van der Waals surface area contributed by atoms with E-state index in [1.165, 1.54) is 24.4 Å². The predicted molar refractivity (Wildman–Crippen MR) is 67.3 cm³/mol. The van der Waals surface area contributed by atoms with Gasteiger partial charge in [-0.05, 0) is 30.8 Å². The Morgan fingerprint density at radius 2 is 2.22 bits per heavy atom. The molecule has 0 spiro atoms. The Hall–Kier alpha value is -1.34. The van der Waals surface area contributed by atoms with Crippen molar-refractivity contribution in [3.8, 4) is 10.8 Å². The standard InChI is InChI=1S/C11H15N5OS/c1-2-8-10(18-16-13-8)11-15-14-9(17-11)5-6-12-7-3-4-7/h7,12H,2-6H2,1H3. The van der Waals surface area contributed by atoms with E-state index in [1.54, 1.807) is 0 Å². The molecular weight excluding hydrogens is 250 g/mol. The Labute approximate surface area is 109 Å². The van der Waals surface area contributed by atoms with Gasteiger partial charge in [-0.2, -0.15) is 0 Å². The van der Waals surface area contributed by atoms with Crippen molar-refractivity contribution in [1.29, 1.82) is 0 Å². The molecule has 1 aliphatic carbocycles. The minimum atomic E-state index is 0.545. The van der Waals surface area contributed by atoms with Crippen LogP contribution in [-0.4, -0.2) is 32.4 Å². The number of hydrogen-bond donors (Lipinski definition) is 1. The van der Waals surface area contributed by atoms with Crippen molar-refractivity contribution in [3.63, 3.8) is 0 Å². The van der Waals surface area contributed by atoms with Gasteiger partial charge < -0.3 is 9.73 Å². The maximum atomic E-state index is 5.64. The summed E-state index contributed by atoms with van der Waals surface area (Å²) in [4.78, 5) is 0.895. The molecule has 0 amide bonds. The summed E-state index contributed by atoms with van der Waals surface area (Å²) in [6, 6.07) is 0.713. The summed E-state index contributed by atoms with van der Waals surface area (Å²) in [6.07, 6.45) is 4.19. The summed E-state index contributed by atoms with van der Waals surface area (Å²) in [6.45, 7) is 2.94. The lowest BCUT2D eigenvalue weighted by molar-refractivity contribution is 0.494. The van der Waals surface area contributed by atoms with E-state index >= 15 is 0 Å². The minimum Gasteiger partial charge on any atom is -0.420 e. The van der Waals surface area contributed by atoms with Crippen LogP contribution in [0.3, 0.4) is 0 Å². The van der Waals surface area contributed by atoms with E-state index in [1.807, 2.05) is 6.92 Å². The van der Waals surface area contributed by atoms with Gasteiger partial charge in [0.15, 0.2) is 0 Å². The molecule has 96 valence electrons. The van der Waals surface area contributed by atoms with Crippen LogP contribution in [0.2, 0.25) is 0 Å². The van der Waals surface area contributed by atoms with Crippen LogP contribution >= 0.6 is 11.5 Å². The Morgan fingerprint density at radius 3 is 3.00 bits per heavy atom. The van der Waals surface area contributed by atoms with Crippen LogP contribution < -0.4 is 5.32 Å². The van der Waals surface area contributed by atoms with Gasteiger partial charge in [-0.15, -0.1) is 15.3 Å². The molecule has 0 aromatic carbocycles. The van der Waals surface area contributed by atoms with E-state index in [-0.39, 0.29) is 0 Å². The Bertz CT molecular complexity index is 519. The SMILES string of the molecule is CCc1nnsc1-c1nnc(CCNC2CC2)o1. The molecule has 0 aliphatic heterocycles. The van der Waals surface area contributed by atoms with Crippen molar-refractivity contribution in [2.75, 3.05) is 6.54 Å². The third-order valence-corrected chi connectivity index (χ3v) is 3.66. The minimum absolute atomic E-state index is 0.545. The van der Waals surface area contributed by atoms with Crippen molar-refractivity contribution in [3.05, 3.63) is 11.6 Å². The number of nitrogens with zero attached hydrogens (tertiary/aromatic N) is 4. The fourth-order valence-electron chi connectivity index (χ4n) is 1.72. The number of nitrogens with one attached hydrogen (secondary N) is 1. The summed E-state index contributed by atoms with van der Waals surface area (Å²) < 4.78 is 9.56. The van der Waals surface area contributed by atoms with Crippen LogP contribution in [0.15, 0.2) is 4.42 Å². The molecule has 2 aromatic heterocycles. The molecule has 6 nitrogen and oxygen atoms in total. The first-order valence-corrected chi connectivity index (χ1v) is 7.01. The second-order valence-electron chi connectivity index (χ2n) is 4.38. The topological polar surface area (TPSA) is 76.7 Å². The summed E-state index contributed by atoms with van der Waals surface area (Å²) in [5, 5.41) is 15.6. The zero-order chi connectivity index (χ0) is 12.4. The van der Waals surface area contributed by atoms with Crippen LogP contribution in [-0.2, 0) is 12.8 Å². The smallest absolute Gasteiger partial charge is 0.261 e. The van der Waals surface area contributed by atoms with E-state index in [0.717, 1.165) is 30.0 Å². The molecule has 2 aromatic rings. The van der Waals surface area contributed by atoms with Crippen LogP contribution in [0.1, 0.15) is 31.4 Å². The number of aromatic nitrogens is 4. The lowest BCUT2D eigenvalue weighted by Gasteiger charge is -1.97. The van der Waals surface area contributed by atoms with Gasteiger partial charge in [0.2, 0.25) is 5.89 Å². The van der Waals surface area contributed by atoms with E-state index in [2.05, 4.69) is 25.1 Å². The lowest BCUT2D eigenvalue weighted by Crippen LogP contribution is -2.19. The van der Waals surface area contributed by atoms with Gasteiger partial charge in [0.25, 0.3) is 5.89 Å². The van der Waals surface area contributed by atoms with E-state index < -0.39 is 0 Å². The van der Waals surface area contributed by atoms with Gasteiger partial charge in [0.05, 0.1) is 5.69 Å². The molecule has 1 N–H and O–H groups in total. The van der Waals surface area contributed by atoms with Crippen molar-refractivity contribution >= 4 is 11.5 Å². The first kappa shape index (κ1) is 11.7. The Kier molecular flexibility index (Phi) is 3.33. The highest BCUT2D eigenvalue weighted by atomic mass is 32.1. The van der Waals surface area contributed by atoms with E-state index in [9.17, 15) is 0 Å². The molecule has 0 bridgehead atoms. The maximum absolute atomic E-state index is 5.64. The van der Waals surface area contributed by atoms with Crippen molar-refractivity contribution < 1.29 is 4.42 Å². The Morgan fingerprint density at radius 1 is 1.33 bits per heavy atom. The average molecular weight is 265 g/mol. The molecule has 0 saturated heterocycles. The first-order chi connectivity index (χ1) is 8.86. The monoisotopic (exact) mass is 265 g/mol. The molecular formula is C11H15N5OS. The third kappa shape index (κ3) is 2.56. The van der Waals surface area contributed by atoms with Gasteiger partial charge in [0.1, 0.15) is 4.88 Å². The van der Waals surface area contributed by atoms with Gasteiger partial charge in [-0.3, -0.25) is 0 Å². The first-order valence-electron chi connectivity index (χ1n) is 6.24. The van der Waals surface area contributed by atoms with E-state index in [4.69, 9.17) is 4.42 Å². The Balaban J connectivity index is 1.64. The van der Waals surface area contributed by atoms with Crippen LogP contribution in [0.5, 0.6) is 0 Å². The lowest BCUT2D eigenvalue weighted by atomic mass is 10.3. The van der Waals surface area contributed by atoms with Crippen LogP contribution in [0, 0.1) is 0 Å². The highest BCUT2D eigenvalue weighted by molar-refractivity contribution is 7.09. The number of aryl methyl sites for hydroxylation is 1. The zero-order valence-electron chi connectivity index (χ0n) is 10.2. The fraction of sp³-hybridized carbons (Fsp3) is 0.636. The van der Waals surface area contributed by atoms with Crippen molar-refractivity contribution in [2.45, 2.75) is 38.6 Å². The molecule has 2 heterocycles. The van der Waals surface area contributed by atoms with Crippen LogP contribution in [0.4, 0.5) is 0 Å². The largest absolute Gasteiger partial charge is 0.420 e.